The number of nitrogens with one attached hydrogen (secondary N) is 1. The summed E-state index contributed by atoms with van der Waals surface area (Å²) in [6.07, 6.45) is 2.28. The number of rotatable bonds is 4. The van der Waals surface area contributed by atoms with E-state index in [0.717, 1.165) is 24.2 Å². The molecule has 29 heavy (non-hydrogen) atoms. The Morgan fingerprint density at radius 2 is 2.00 bits per heavy atom. The Bertz CT molecular complexity index is 996. The highest BCUT2D eigenvalue weighted by atomic mass is 32.2. The van der Waals surface area contributed by atoms with Gasteiger partial charge in [0.1, 0.15) is 13.2 Å². The first kappa shape index (κ1) is 18.7. The zero-order valence-electron chi connectivity index (χ0n) is 16.8. The monoisotopic (exact) mass is 412 g/mol. The molecule has 2 unspecified atom stereocenters. The fourth-order valence-corrected chi connectivity index (χ4v) is 5.46. The Balaban J connectivity index is 1.25. The van der Waals surface area contributed by atoms with Crippen molar-refractivity contribution in [1.29, 1.82) is 0 Å². The average Bonchev–Trinajstić information content (AvgIpc) is 3.05. The van der Waals surface area contributed by atoms with Crippen LogP contribution >= 0.6 is 11.8 Å². The molecule has 2 atom stereocenters. The van der Waals surface area contributed by atoms with Crippen LogP contribution in [0, 0.1) is 5.41 Å². The molecule has 7 nitrogen and oxygen atoms in total. The molecule has 2 aromatic rings. The summed E-state index contributed by atoms with van der Waals surface area (Å²) in [6.45, 7) is 7.96. The van der Waals surface area contributed by atoms with Crippen molar-refractivity contribution in [3.05, 3.63) is 29.6 Å². The number of amides is 1. The maximum absolute atomic E-state index is 12.4. The minimum atomic E-state index is -0.121. The number of fused-ring (bicyclic) bond motifs is 6. The van der Waals surface area contributed by atoms with E-state index in [1.54, 1.807) is 6.07 Å². The molecule has 2 aliphatic carbocycles. The minimum absolute atomic E-state index is 0.0334. The molecule has 1 saturated carbocycles. The van der Waals surface area contributed by atoms with Crippen LogP contribution in [0.25, 0.3) is 0 Å². The molecule has 2 bridgehead atoms. The number of nitrogens with zero attached hydrogens (tertiary/aromatic N) is 3. The molecule has 1 amide bonds. The van der Waals surface area contributed by atoms with Gasteiger partial charge in [0.05, 0.1) is 17.1 Å². The summed E-state index contributed by atoms with van der Waals surface area (Å²) in [4.78, 5) is 17.2. The maximum Gasteiger partial charge on any atom is 0.234 e. The summed E-state index contributed by atoms with van der Waals surface area (Å²) in [6, 6.07) is 5.40. The average molecular weight is 413 g/mol. The van der Waals surface area contributed by atoms with E-state index in [1.165, 1.54) is 11.8 Å². The van der Waals surface area contributed by atoms with E-state index in [0.29, 0.717) is 41.5 Å². The van der Waals surface area contributed by atoms with Crippen LogP contribution in [0.4, 0.5) is 5.69 Å². The molecule has 3 aliphatic rings. The Labute approximate surface area is 174 Å². The zero-order chi connectivity index (χ0) is 20.2. The van der Waals surface area contributed by atoms with Crippen LogP contribution in [0.15, 0.2) is 23.4 Å². The molecule has 1 aromatic heterocycles. The number of hydrogen-bond donors (Lipinski definition) is 1. The lowest BCUT2D eigenvalue weighted by Crippen LogP contribution is -2.32. The van der Waals surface area contributed by atoms with Gasteiger partial charge in [-0.2, -0.15) is 5.10 Å². The minimum Gasteiger partial charge on any atom is -0.486 e. The molecule has 0 spiro atoms. The van der Waals surface area contributed by atoms with E-state index in [2.05, 4.69) is 36.3 Å². The molecule has 1 N–H and O–H groups in total. The number of carbonyl (C=O) groups is 1. The molecule has 1 aromatic carbocycles. The Hall–Kier alpha value is -2.35. The number of anilines is 1. The quantitative estimate of drug-likeness (QED) is 0.769. The molecular weight excluding hydrogens is 388 g/mol. The van der Waals surface area contributed by atoms with Gasteiger partial charge in [0, 0.05) is 23.1 Å². The topological polar surface area (TPSA) is 86.2 Å². The van der Waals surface area contributed by atoms with Crippen LogP contribution in [0.2, 0.25) is 0 Å². The van der Waals surface area contributed by atoms with Crippen molar-refractivity contribution in [2.75, 3.05) is 24.3 Å². The normalized spacial score (nSPS) is 25.6. The Morgan fingerprint density at radius 1 is 1.21 bits per heavy atom. The van der Waals surface area contributed by atoms with Gasteiger partial charge in [0.15, 0.2) is 11.5 Å². The zero-order valence-corrected chi connectivity index (χ0v) is 17.6. The lowest BCUT2D eigenvalue weighted by atomic mass is 9.70. The third-order valence-corrected chi connectivity index (χ3v) is 7.77. The first-order valence-electron chi connectivity index (χ1n) is 9.96. The van der Waals surface area contributed by atoms with Gasteiger partial charge < -0.3 is 14.8 Å². The second kappa shape index (κ2) is 6.58. The van der Waals surface area contributed by atoms with E-state index >= 15 is 0 Å². The van der Waals surface area contributed by atoms with E-state index in [9.17, 15) is 4.79 Å². The number of hydrogen-bond acceptors (Lipinski definition) is 7. The highest BCUT2D eigenvalue weighted by Gasteiger charge is 2.61. The Kier molecular flexibility index (Phi) is 4.24. The van der Waals surface area contributed by atoms with Gasteiger partial charge in [-0.3, -0.25) is 4.79 Å². The second-order valence-electron chi connectivity index (χ2n) is 8.67. The smallest absolute Gasteiger partial charge is 0.234 e. The third-order valence-electron chi connectivity index (χ3n) is 6.93. The van der Waals surface area contributed by atoms with Crippen LogP contribution in [-0.2, 0) is 10.2 Å². The van der Waals surface area contributed by atoms with Gasteiger partial charge >= 0.3 is 0 Å². The molecular formula is C21H24N4O3S. The van der Waals surface area contributed by atoms with Crippen LogP contribution in [-0.4, -0.2) is 40.1 Å². The lowest BCUT2D eigenvalue weighted by Gasteiger charge is -2.33. The third kappa shape index (κ3) is 2.87. The summed E-state index contributed by atoms with van der Waals surface area (Å²) in [7, 11) is 0. The van der Waals surface area contributed by atoms with E-state index < -0.39 is 0 Å². The van der Waals surface area contributed by atoms with Crippen LogP contribution in [0.1, 0.15) is 50.9 Å². The number of benzene rings is 1. The predicted molar refractivity (Wildman–Crippen MR) is 110 cm³/mol. The molecule has 5 rings (SSSR count). The summed E-state index contributed by atoms with van der Waals surface area (Å²) in [5, 5.41) is 12.2. The van der Waals surface area contributed by atoms with E-state index in [1.807, 2.05) is 12.1 Å². The highest BCUT2D eigenvalue weighted by Crippen LogP contribution is 2.66. The van der Waals surface area contributed by atoms with Crippen molar-refractivity contribution >= 4 is 23.4 Å². The summed E-state index contributed by atoms with van der Waals surface area (Å²) >= 11 is 1.32. The van der Waals surface area contributed by atoms with Crippen molar-refractivity contribution in [3.8, 4) is 11.5 Å². The summed E-state index contributed by atoms with van der Waals surface area (Å²) < 4.78 is 11.1. The number of ether oxygens (including phenoxy) is 2. The van der Waals surface area contributed by atoms with E-state index in [4.69, 9.17) is 14.5 Å². The van der Waals surface area contributed by atoms with Crippen LogP contribution < -0.4 is 14.8 Å². The van der Waals surface area contributed by atoms with Gasteiger partial charge in [-0.25, -0.2) is 4.98 Å². The summed E-state index contributed by atoms with van der Waals surface area (Å²) in [5.74, 6) is 1.88. The van der Waals surface area contributed by atoms with Gasteiger partial charge in [0.2, 0.25) is 11.1 Å². The summed E-state index contributed by atoms with van der Waals surface area (Å²) in [5.41, 5.74) is 2.98. The second-order valence-corrected chi connectivity index (χ2v) is 9.61. The lowest BCUT2D eigenvalue weighted by molar-refractivity contribution is -0.113. The molecule has 0 radical (unpaired) electrons. The number of carbonyl (C=O) groups excluding carboxylic acids is 1. The van der Waals surface area contributed by atoms with Gasteiger partial charge in [0.25, 0.3) is 0 Å². The Morgan fingerprint density at radius 3 is 2.83 bits per heavy atom. The molecule has 8 heteroatoms. The number of thioether (sulfide) groups is 1. The van der Waals surface area contributed by atoms with Crippen LogP contribution in [0.3, 0.4) is 0 Å². The van der Waals surface area contributed by atoms with Crippen molar-refractivity contribution in [3.63, 3.8) is 0 Å². The molecule has 1 aliphatic heterocycles. The van der Waals surface area contributed by atoms with Crippen molar-refractivity contribution in [1.82, 2.24) is 15.2 Å². The van der Waals surface area contributed by atoms with Crippen molar-refractivity contribution in [2.24, 2.45) is 5.41 Å². The fraction of sp³-hybridized carbons (Fsp3) is 0.524. The SMILES string of the molecule is CC12CCC(c3nnc(SCC(=O)Nc4ccc5c(c4)OCCO5)nc31)C2(C)C. The van der Waals surface area contributed by atoms with Gasteiger partial charge in [-0.05, 0) is 30.4 Å². The first-order chi connectivity index (χ1) is 13.9. The van der Waals surface area contributed by atoms with Gasteiger partial charge in [-0.15, -0.1) is 5.10 Å². The van der Waals surface area contributed by atoms with Gasteiger partial charge in [-0.1, -0.05) is 32.5 Å². The molecule has 1 fully saturated rings. The highest BCUT2D eigenvalue weighted by molar-refractivity contribution is 7.99. The molecule has 152 valence electrons. The standard InChI is InChI=1S/C21H24N4O3S/c1-20(2)13-6-7-21(20,3)18-17(13)24-25-19(23-18)29-11-16(26)22-12-4-5-14-15(10-12)28-9-8-27-14/h4-5,10,13H,6-9,11H2,1-3H3,(H,22,26). The number of aromatic nitrogens is 3. The predicted octanol–water partition coefficient (Wildman–Crippen LogP) is 3.55. The largest absolute Gasteiger partial charge is 0.486 e. The molecule has 0 saturated heterocycles. The maximum atomic E-state index is 12.4. The van der Waals surface area contributed by atoms with Crippen molar-refractivity contribution < 1.29 is 14.3 Å². The molecule has 2 heterocycles. The fourth-order valence-electron chi connectivity index (χ4n) is 4.87. The van der Waals surface area contributed by atoms with Crippen molar-refractivity contribution in [2.45, 2.75) is 50.1 Å². The van der Waals surface area contributed by atoms with Crippen LogP contribution in [0.5, 0.6) is 11.5 Å². The van der Waals surface area contributed by atoms with E-state index in [-0.39, 0.29) is 22.5 Å². The first-order valence-corrected chi connectivity index (χ1v) is 10.9.